The molecule has 0 unspecified atom stereocenters. The number of benzene rings is 2. The molecule has 0 saturated heterocycles. The summed E-state index contributed by atoms with van der Waals surface area (Å²) in [7, 11) is -2.24. The van der Waals surface area contributed by atoms with Gasteiger partial charge in [-0.2, -0.15) is 0 Å². The highest BCUT2D eigenvalue weighted by atomic mass is 79.9. The minimum absolute atomic E-state index is 0.103. The Balaban J connectivity index is 1.60. The van der Waals surface area contributed by atoms with Crippen LogP contribution in [0, 0.1) is 0 Å². The number of fused-ring (bicyclic) bond motifs is 2. The van der Waals surface area contributed by atoms with Gasteiger partial charge in [0.2, 0.25) is 15.9 Å². The van der Waals surface area contributed by atoms with Gasteiger partial charge in [0.05, 0.1) is 18.0 Å². The molecule has 2 aliphatic rings. The summed E-state index contributed by atoms with van der Waals surface area (Å²) in [4.78, 5) is 13.6. The molecular formula is C20H21BrN2O5S. The first-order chi connectivity index (χ1) is 13.8. The van der Waals surface area contributed by atoms with Crippen LogP contribution in [-0.4, -0.2) is 40.6 Å². The lowest BCUT2D eigenvalue weighted by atomic mass is 10.0. The molecule has 1 atom stereocenters. The molecule has 7 nitrogen and oxygen atoms in total. The molecule has 9 heteroatoms. The summed E-state index contributed by atoms with van der Waals surface area (Å²) in [5.74, 6) is 1.33. The first-order valence-electron chi connectivity index (χ1n) is 9.21. The van der Waals surface area contributed by atoms with Gasteiger partial charge < -0.3 is 14.4 Å². The van der Waals surface area contributed by atoms with E-state index in [-0.39, 0.29) is 17.4 Å². The second-order valence-corrected chi connectivity index (χ2v) is 9.68. The summed E-state index contributed by atoms with van der Waals surface area (Å²) in [6.45, 7) is 2.28. The molecule has 2 heterocycles. The van der Waals surface area contributed by atoms with Gasteiger partial charge in [-0.05, 0) is 70.2 Å². The third-order valence-electron chi connectivity index (χ3n) is 5.19. The molecule has 0 spiro atoms. The monoisotopic (exact) mass is 480 g/mol. The first-order valence-corrected chi connectivity index (χ1v) is 11.5. The van der Waals surface area contributed by atoms with Gasteiger partial charge in [0.1, 0.15) is 18.1 Å². The molecule has 4 rings (SSSR count). The fraction of sp³-hybridized carbons (Fsp3) is 0.350. The quantitative estimate of drug-likeness (QED) is 0.726. The van der Waals surface area contributed by atoms with E-state index in [1.165, 1.54) is 6.92 Å². The van der Waals surface area contributed by atoms with Crippen LogP contribution in [0.3, 0.4) is 0 Å². The minimum atomic E-state index is -3.83. The zero-order chi connectivity index (χ0) is 20.8. The van der Waals surface area contributed by atoms with Crippen molar-refractivity contribution in [1.29, 1.82) is 0 Å². The minimum Gasteiger partial charge on any atom is -0.497 e. The average molecular weight is 481 g/mol. The van der Waals surface area contributed by atoms with Crippen LogP contribution in [-0.2, 0) is 27.7 Å². The number of halogens is 1. The molecule has 0 aromatic heterocycles. The van der Waals surface area contributed by atoms with E-state index < -0.39 is 16.1 Å². The number of hydrogen-bond donors (Lipinski definition) is 1. The van der Waals surface area contributed by atoms with Crippen LogP contribution in [0.1, 0.15) is 18.1 Å². The molecule has 0 bridgehead atoms. The van der Waals surface area contributed by atoms with Gasteiger partial charge in [0.25, 0.3) is 0 Å². The summed E-state index contributed by atoms with van der Waals surface area (Å²) in [6, 6.07) is 8.43. The number of ether oxygens (including phenoxy) is 2. The van der Waals surface area contributed by atoms with E-state index in [1.807, 2.05) is 18.2 Å². The summed E-state index contributed by atoms with van der Waals surface area (Å²) < 4.78 is 40.4. The smallest absolute Gasteiger partial charge is 0.242 e. The van der Waals surface area contributed by atoms with Gasteiger partial charge in [-0.25, -0.2) is 13.1 Å². The van der Waals surface area contributed by atoms with Crippen molar-refractivity contribution >= 4 is 37.5 Å². The summed E-state index contributed by atoms with van der Waals surface area (Å²) in [5, 5.41) is 0. The molecule has 1 N–H and O–H groups in total. The number of methoxy groups -OCH3 is 1. The highest BCUT2D eigenvalue weighted by Crippen LogP contribution is 2.36. The lowest BCUT2D eigenvalue weighted by molar-refractivity contribution is -0.116. The van der Waals surface area contributed by atoms with Gasteiger partial charge in [-0.1, -0.05) is 0 Å². The Labute approximate surface area is 178 Å². The van der Waals surface area contributed by atoms with Crippen LogP contribution in [0.25, 0.3) is 0 Å². The molecule has 2 aromatic carbocycles. The van der Waals surface area contributed by atoms with Crippen LogP contribution in [0.5, 0.6) is 11.5 Å². The Hall–Kier alpha value is -2.10. The van der Waals surface area contributed by atoms with Crippen molar-refractivity contribution in [1.82, 2.24) is 4.72 Å². The van der Waals surface area contributed by atoms with E-state index in [4.69, 9.17) is 9.47 Å². The Morgan fingerprint density at radius 3 is 2.79 bits per heavy atom. The summed E-state index contributed by atoms with van der Waals surface area (Å²) >= 11 is 3.38. The van der Waals surface area contributed by atoms with Gasteiger partial charge >= 0.3 is 0 Å². The van der Waals surface area contributed by atoms with Crippen LogP contribution in [0.15, 0.2) is 39.7 Å². The van der Waals surface area contributed by atoms with Gasteiger partial charge in [0, 0.05) is 23.6 Å². The molecule has 0 saturated carbocycles. The van der Waals surface area contributed by atoms with Gasteiger partial charge in [-0.15, -0.1) is 0 Å². The maximum Gasteiger partial charge on any atom is 0.242 e. The number of rotatable bonds is 4. The number of sulfonamides is 1. The zero-order valence-corrected chi connectivity index (χ0v) is 18.5. The molecule has 0 aliphatic carbocycles. The molecular weight excluding hydrogens is 460 g/mol. The van der Waals surface area contributed by atoms with E-state index in [0.29, 0.717) is 35.3 Å². The molecule has 1 amide bonds. The van der Waals surface area contributed by atoms with E-state index in [9.17, 15) is 13.2 Å². The fourth-order valence-corrected chi connectivity index (χ4v) is 6.11. The van der Waals surface area contributed by atoms with Crippen LogP contribution >= 0.6 is 15.9 Å². The lowest BCUT2D eigenvalue weighted by Gasteiger charge is -2.26. The Morgan fingerprint density at radius 2 is 2.07 bits per heavy atom. The van der Waals surface area contributed by atoms with E-state index >= 15 is 0 Å². The topological polar surface area (TPSA) is 84.9 Å². The van der Waals surface area contributed by atoms with Crippen molar-refractivity contribution in [2.45, 2.75) is 30.7 Å². The number of anilines is 1. The Kier molecular flexibility index (Phi) is 5.30. The number of amides is 1. The molecule has 154 valence electrons. The van der Waals surface area contributed by atoms with E-state index in [2.05, 4.69) is 20.7 Å². The maximum atomic E-state index is 13.1. The number of carbonyl (C=O) groups excluding carboxylic acids is 1. The highest BCUT2D eigenvalue weighted by molar-refractivity contribution is 9.10. The normalized spacial score (nSPS) is 18.0. The van der Waals surface area contributed by atoms with Crippen molar-refractivity contribution in [2.75, 3.05) is 25.2 Å². The molecule has 29 heavy (non-hydrogen) atoms. The summed E-state index contributed by atoms with van der Waals surface area (Å²) in [5.41, 5.74) is 2.49. The Morgan fingerprint density at radius 1 is 1.28 bits per heavy atom. The van der Waals surface area contributed by atoms with Crippen molar-refractivity contribution in [3.05, 3.63) is 45.9 Å². The van der Waals surface area contributed by atoms with Crippen LogP contribution < -0.4 is 19.1 Å². The first kappa shape index (κ1) is 20.2. The van der Waals surface area contributed by atoms with Gasteiger partial charge in [-0.3, -0.25) is 4.79 Å². The standard InChI is InChI=1S/C20H21BrN2O5S/c1-12(24)23-6-5-13-9-17(21)20(10-18(13)23)29(25,26)22-15-7-14-8-16(27-2)3-4-19(14)28-11-15/h3-4,8-10,15,22H,5-7,11H2,1-2H3/t15-/m1/s1. The molecule has 0 fully saturated rings. The van der Waals surface area contributed by atoms with Crippen molar-refractivity contribution in [2.24, 2.45) is 0 Å². The molecule has 2 aromatic rings. The highest BCUT2D eigenvalue weighted by Gasteiger charge is 2.30. The predicted octanol–water partition coefficient (Wildman–Crippen LogP) is 2.65. The van der Waals surface area contributed by atoms with Crippen LogP contribution in [0.4, 0.5) is 5.69 Å². The van der Waals surface area contributed by atoms with Crippen molar-refractivity contribution in [3.63, 3.8) is 0 Å². The third kappa shape index (κ3) is 3.86. The van der Waals surface area contributed by atoms with Crippen LogP contribution in [0.2, 0.25) is 0 Å². The van der Waals surface area contributed by atoms with Gasteiger partial charge in [0.15, 0.2) is 0 Å². The number of nitrogens with zero attached hydrogens (tertiary/aromatic N) is 1. The SMILES string of the molecule is COc1ccc2c(c1)C[C@@H](NS(=O)(=O)c1cc3c(cc1Br)CCN3C(C)=O)CO2. The molecule has 0 radical (unpaired) electrons. The Bertz CT molecular complexity index is 1090. The number of carbonyl (C=O) groups is 1. The maximum absolute atomic E-state index is 13.1. The summed E-state index contributed by atoms with van der Waals surface area (Å²) in [6.07, 6.45) is 1.20. The molecule has 2 aliphatic heterocycles. The average Bonchev–Trinajstić information content (AvgIpc) is 3.09. The lowest BCUT2D eigenvalue weighted by Crippen LogP contribution is -2.42. The van der Waals surface area contributed by atoms with Crippen molar-refractivity contribution in [3.8, 4) is 11.5 Å². The number of nitrogens with one attached hydrogen (secondary N) is 1. The fourth-order valence-electron chi connectivity index (χ4n) is 3.78. The zero-order valence-electron chi connectivity index (χ0n) is 16.1. The van der Waals surface area contributed by atoms with Crippen molar-refractivity contribution < 1.29 is 22.7 Å². The predicted molar refractivity (Wildman–Crippen MR) is 112 cm³/mol. The third-order valence-corrected chi connectivity index (χ3v) is 7.67. The van der Waals surface area contributed by atoms with E-state index in [0.717, 1.165) is 16.9 Å². The van der Waals surface area contributed by atoms with E-state index in [1.54, 1.807) is 24.1 Å². The second-order valence-electron chi connectivity index (χ2n) is 7.14. The second kappa shape index (κ2) is 7.62. The largest absolute Gasteiger partial charge is 0.497 e. The number of hydrogen-bond acceptors (Lipinski definition) is 5.